The summed E-state index contributed by atoms with van der Waals surface area (Å²) in [6.07, 6.45) is 5.03. The van der Waals surface area contributed by atoms with Crippen LogP contribution in [0.5, 0.6) is 17.2 Å². The second-order valence-corrected chi connectivity index (χ2v) is 15.8. The summed E-state index contributed by atoms with van der Waals surface area (Å²) in [5.41, 5.74) is 4.75. The van der Waals surface area contributed by atoms with Gasteiger partial charge in [0, 0.05) is 48.1 Å². The molecule has 6 aliphatic rings. The van der Waals surface area contributed by atoms with E-state index in [4.69, 9.17) is 30.9 Å². The number of Topliss-reactive ketones (excluding diaryl/α,β-unsaturated/α-hetero) is 2. The van der Waals surface area contributed by atoms with Crippen molar-refractivity contribution in [2.75, 3.05) is 14.2 Å². The second kappa shape index (κ2) is 17.5. The Labute approximate surface area is 336 Å². The maximum atomic E-state index is 12.3. The SMILES string of the molecule is CC1Cc2cc(C(=O)[C@H]3C[C@@H]3C(=O)O)ccc2O1.CC1Cc2ccccc2O1.COC(=O)[C@H]1C[C@@H]1C(=O)Cl.COC(=O)[C@H]1C[C@@H]1C(=O)c1ccc2c(c1)CC(C)O2. The van der Waals surface area contributed by atoms with Gasteiger partial charge in [0.25, 0.3) is 0 Å². The van der Waals surface area contributed by atoms with E-state index in [9.17, 15) is 28.8 Å². The average Bonchev–Trinajstić information content (AvgIpc) is 4.13. The van der Waals surface area contributed by atoms with Crippen LogP contribution in [0.25, 0.3) is 0 Å². The number of halogens is 1. The molecule has 3 aliphatic heterocycles. The van der Waals surface area contributed by atoms with Gasteiger partial charge in [-0.2, -0.15) is 0 Å². The molecule has 3 saturated carbocycles. The van der Waals surface area contributed by atoms with Crippen molar-refractivity contribution >= 4 is 46.3 Å². The molecule has 3 heterocycles. The molecular formula is C44H47ClO12. The van der Waals surface area contributed by atoms with Crippen LogP contribution in [-0.4, -0.2) is 72.4 Å². The molecular weight excluding hydrogens is 756 g/mol. The predicted octanol–water partition coefficient (Wildman–Crippen LogP) is 6.49. The van der Waals surface area contributed by atoms with E-state index in [2.05, 4.69) is 28.5 Å². The first-order chi connectivity index (χ1) is 27.2. The van der Waals surface area contributed by atoms with Gasteiger partial charge in [-0.3, -0.25) is 28.8 Å². The molecule has 3 aromatic rings. The van der Waals surface area contributed by atoms with Gasteiger partial charge in [-0.25, -0.2) is 0 Å². The Morgan fingerprint density at radius 2 is 0.965 bits per heavy atom. The number of fused-ring (bicyclic) bond motifs is 3. The highest BCUT2D eigenvalue weighted by Gasteiger charge is 2.50. The van der Waals surface area contributed by atoms with Gasteiger partial charge in [-0.15, -0.1) is 0 Å². The van der Waals surface area contributed by atoms with Gasteiger partial charge in [-0.05, 0) is 111 Å². The topological polar surface area (TPSA) is 169 Å². The number of carbonyl (C=O) groups excluding carboxylic acids is 5. The van der Waals surface area contributed by atoms with Crippen LogP contribution in [0.3, 0.4) is 0 Å². The normalized spacial score (nSPS) is 27.1. The van der Waals surface area contributed by atoms with Crippen molar-refractivity contribution in [2.24, 2.45) is 35.5 Å². The molecule has 0 spiro atoms. The fourth-order valence-electron chi connectivity index (χ4n) is 7.45. The smallest absolute Gasteiger partial charge is 0.309 e. The van der Waals surface area contributed by atoms with Crippen molar-refractivity contribution in [3.05, 3.63) is 88.5 Å². The maximum absolute atomic E-state index is 12.3. The minimum absolute atomic E-state index is 0.0396. The summed E-state index contributed by atoms with van der Waals surface area (Å²) < 4.78 is 25.8. The molecule has 12 nitrogen and oxygen atoms in total. The van der Waals surface area contributed by atoms with Gasteiger partial charge >= 0.3 is 17.9 Å². The molecule has 13 heteroatoms. The van der Waals surface area contributed by atoms with Crippen LogP contribution in [0, 0.1) is 35.5 Å². The Balaban J connectivity index is 0.000000134. The Morgan fingerprint density at radius 1 is 0.561 bits per heavy atom. The van der Waals surface area contributed by atoms with Crippen LogP contribution in [0.4, 0.5) is 0 Å². The lowest BCUT2D eigenvalue weighted by Gasteiger charge is -2.04. The van der Waals surface area contributed by atoms with E-state index >= 15 is 0 Å². The lowest BCUT2D eigenvalue weighted by molar-refractivity contribution is -0.143. The summed E-state index contributed by atoms with van der Waals surface area (Å²) in [4.78, 5) is 67.5. The number of methoxy groups -OCH3 is 2. The molecule has 3 aliphatic carbocycles. The summed E-state index contributed by atoms with van der Waals surface area (Å²) in [6, 6.07) is 19.1. The molecule has 0 aromatic heterocycles. The first-order valence-corrected chi connectivity index (χ1v) is 19.6. The van der Waals surface area contributed by atoms with Crippen molar-refractivity contribution in [1.82, 2.24) is 0 Å². The van der Waals surface area contributed by atoms with E-state index in [0.29, 0.717) is 36.5 Å². The van der Waals surface area contributed by atoms with E-state index in [1.165, 1.54) is 19.8 Å². The molecule has 3 aromatic carbocycles. The van der Waals surface area contributed by atoms with Gasteiger partial charge in [0.1, 0.15) is 35.6 Å². The Bertz CT molecular complexity index is 2030. The predicted molar refractivity (Wildman–Crippen MR) is 207 cm³/mol. The van der Waals surface area contributed by atoms with Crippen LogP contribution in [0.1, 0.15) is 77.4 Å². The van der Waals surface area contributed by atoms with Crippen molar-refractivity contribution in [2.45, 2.75) is 77.6 Å². The van der Waals surface area contributed by atoms with Crippen LogP contribution >= 0.6 is 11.6 Å². The highest BCUT2D eigenvalue weighted by Crippen LogP contribution is 2.44. The van der Waals surface area contributed by atoms with Crippen molar-refractivity contribution in [1.29, 1.82) is 0 Å². The fourth-order valence-corrected chi connectivity index (χ4v) is 7.69. The van der Waals surface area contributed by atoms with Gasteiger partial charge in [-0.1, -0.05) is 18.2 Å². The molecule has 0 saturated heterocycles. The summed E-state index contributed by atoms with van der Waals surface area (Å²) in [6.45, 7) is 6.10. The number of benzene rings is 3. The number of hydrogen-bond acceptors (Lipinski definition) is 11. The minimum atomic E-state index is -0.869. The zero-order chi connectivity index (χ0) is 41.1. The number of carbonyl (C=O) groups is 6. The minimum Gasteiger partial charge on any atom is -0.490 e. The lowest BCUT2D eigenvalue weighted by Crippen LogP contribution is -2.10. The van der Waals surface area contributed by atoms with Crippen LogP contribution < -0.4 is 14.2 Å². The lowest BCUT2D eigenvalue weighted by atomic mass is 10.0. The van der Waals surface area contributed by atoms with Gasteiger partial charge in [0.05, 0.1) is 32.0 Å². The first kappa shape index (κ1) is 41.4. The number of para-hydroxylation sites is 1. The summed E-state index contributed by atoms with van der Waals surface area (Å²) in [5.74, 6) is -0.551. The van der Waals surface area contributed by atoms with E-state index < -0.39 is 17.1 Å². The largest absolute Gasteiger partial charge is 0.490 e. The molecule has 0 bridgehead atoms. The van der Waals surface area contributed by atoms with E-state index in [1.54, 1.807) is 12.1 Å². The zero-order valence-electron chi connectivity index (χ0n) is 32.5. The third-order valence-corrected chi connectivity index (χ3v) is 11.1. The van der Waals surface area contributed by atoms with Crippen LogP contribution in [0.15, 0.2) is 60.7 Å². The fraction of sp³-hybridized carbons (Fsp3) is 0.455. The van der Waals surface area contributed by atoms with E-state index in [-0.39, 0.29) is 65.3 Å². The molecule has 3 fully saturated rings. The monoisotopic (exact) mass is 802 g/mol. The third-order valence-electron chi connectivity index (χ3n) is 10.8. The summed E-state index contributed by atoms with van der Waals surface area (Å²) in [7, 11) is 2.66. The number of rotatable bonds is 8. The molecule has 9 atom stereocenters. The molecule has 3 unspecified atom stereocenters. The number of carboxylic acid groups (broad SMARTS) is 1. The first-order valence-electron chi connectivity index (χ1n) is 19.2. The Morgan fingerprint density at radius 3 is 1.39 bits per heavy atom. The number of aliphatic carboxylic acids is 1. The van der Waals surface area contributed by atoms with E-state index in [1.807, 2.05) is 50.2 Å². The number of carboxylic acids is 1. The highest BCUT2D eigenvalue weighted by atomic mass is 35.5. The summed E-state index contributed by atoms with van der Waals surface area (Å²) >= 11 is 5.12. The summed E-state index contributed by atoms with van der Waals surface area (Å²) in [5, 5.41) is 8.40. The van der Waals surface area contributed by atoms with Gasteiger partial charge in [0.15, 0.2) is 11.6 Å². The number of ether oxygens (including phenoxy) is 5. The average molecular weight is 803 g/mol. The Hall–Kier alpha value is -5.23. The van der Waals surface area contributed by atoms with Gasteiger partial charge in [0.2, 0.25) is 5.24 Å². The zero-order valence-corrected chi connectivity index (χ0v) is 33.3. The van der Waals surface area contributed by atoms with Crippen molar-refractivity contribution in [3.8, 4) is 17.2 Å². The molecule has 1 N–H and O–H groups in total. The second-order valence-electron chi connectivity index (χ2n) is 15.4. The number of hydrogen-bond donors (Lipinski definition) is 1. The van der Waals surface area contributed by atoms with Crippen LogP contribution in [-0.2, 0) is 47.9 Å². The standard InChI is InChI=1S/C15H16O4.C14H14O4.C9H10O.C6H7ClO3/c1-8-5-10-6-9(3-4-13(10)19-8)14(16)11-7-12(11)15(17)18-2;1-7-4-9-5-8(2-3-12(9)18-7)13(15)10-6-11(10)14(16)17;1-7-6-8-4-2-3-5-9(8)10-7;1-10-6(9)4-2-3(4)5(7)8/h3-4,6,8,11-12H,5,7H2,1-2H3;2-3,5,7,10-11H,4,6H2,1H3,(H,16,17);2-5,7H,6H2,1H3;3-4H,2H2,1H3/t8?,11-,12-;7?,10-,11-;;3-,4-/m00.0/s1. The van der Waals surface area contributed by atoms with Crippen LogP contribution in [0.2, 0.25) is 0 Å². The van der Waals surface area contributed by atoms with Crippen molar-refractivity contribution < 1.29 is 57.6 Å². The third kappa shape index (κ3) is 10.0. The molecule has 0 amide bonds. The molecule has 0 radical (unpaired) electrons. The van der Waals surface area contributed by atoms with E-state index in [0.717, 1.165) is 47.6 Å². The number of esters is 2. The quantitative estimate of drug-likeness (QED) is 0.150. The molecule has 9 rings (SSSR count). The molecule has 57 heavy (non-hydrogen) atoms. The Kier molecular flexibility index (Phi) is 12.7. The van der Waals surface area contributed by atoms with Crippen molar-refractivity contribution in [3.63, 3.8) is 0 Å². The maximum Gasteiger partial charge on any atom is 0.309 e. The number of ketones is 2. The van der Waals surface area contributed by atoms with Gasteiger partial charge < -0.3 is 28.8 Å². The highest BCUT2D eigenvalue weighted by molar-refractivity contribution is 6.64. The molecule has 302 valence electrons.